The standard InChI is InChI=1S/C11H13NO3S/c1-3-15-11(14)7-4-12-10(13)8-6(2)5-16-9(7)8/h4-5,8-9H,3H2,1-2H3,(H,12,13). The normalized spacial score (nSPS) is 27.8. The van der Waals surface area contributed by atoms with Crippen molar-refractivity contribution in [3.63, 3.8) is 0 Å². The molecule has 5 heteroatoms. The van der Waals surface area contributed by atoms with Crippen molar-refractivity contribution in [1.82, 2.24) is 5.32 Å². The van der Waals surface area contributed by atoms with Gasteiger partial charge in [-0.3, -0.25) is 4.79 Å². The summed E-state index contributed by atoms with van der Waals surface area (Å²) in [6.45, 7) is 4.02. The van der Waals surface area contributed by atoms with Crippen LogP contribution in [0.25, 0.3) is 0 Å². The summed E-state index contributed by atoms with van der Waals surface area (Å²) in [5.41, 5.74) is 1.55. The van der Waals surface area contributed by atoms with Crippen molar-refractivity contribution >= 4 is 23.6 Å². The monoisotopic (exact) mass is 239 g/mol. The molecule has 0 bridgehead atoms. The fraction of sp³-hybridized carbons (Fsp3) is 0.455. The van der Waals surface area contributed by atoms with Gasteiger partial charge in [-0.15, -0.1) is 11.8 Å². The molecule has 1 N–H and O–H groups in total. The van der Waals surface area contributed by atoms with Crippen molar-refractivity contribution in [2.75, 3.05) is 6.61 Å². The molecule has 0 radical (unpaired) electrons. The van der Waals surface area contributed by atoms with Crippen molar-refractivity contribution in [2.24, 2.45) is 5.92 Å². The number of carbonyl (C=O) groups is 2. The van der Waals surface area contributed by atoms with Gasteiger partial charge in [-0.05, 0) is 19.3 Å². The molecule has 0 saturated carbocycles. The van der Waals surface area contributed by atoms with Crippen LogP contribution in [0, 0.1) is 5.92 Å². The fourth-order valence-corrected chi connectivity index (χ4v) is 3.19. The Balaban J connectivity index is 2.23. The van der Waals surface area contributed by atoms with Crippen molar-refractivity contribution in [3.8, 4) is 0 Å². The zero-order valence-electron chi connectivity index (χ0n) is 9.15. The van der Waals surface area contributed by atoms with Gasteiger partial charge in [0.25, 0.3) is 0 Å². The molecule has 2 heterocycles. The molecule has 0 spiro atoms. The maximum absolute atomic E-state index is 11.7. The van der Waals surface area contributed by atoms with Crippen LogP contribution in [0.5, 0.6) is 0 Å². The Kier molecular flexibility index (Phi) is 3.05. The molecule has 0 aromatic heterocycles. The number of thioether (sulfide) groups is 1. The molecular formula is C11H13NO3S. The van der Waals surface area contributed by atoms with Gasteiger partial charge >= 0.3 is 5.97 Å². The Bertz CT molecular complexity index is 400. The number of carbonyl (C=O) groups excluding carboxylic acids is 2. The first kappa shape index (κ1) is 11.3. The lowest BCUT2D eigenvalue weighted by Crippen LogP contribution is -2.40. The number of esters is 1. The molecule has 0 saturated heterocycles. The molecule has 4 nitrogen and oxygen atoms in total. The summed E-state index contributed by atoms with van der Waals surface area (Å²) in [5, 5.41) is 4.44. The Hall–Kier alpha value is -1.23. The highest BCUT2D eigenvalue weighted by Crippen LogP contribution is 2.41. The smallest absolute Gasteiger partial charge is 0.336 e. The number of hydrogen-bond donors (Lipinski definition) is 1. The van der Waals surface area contributed by atoms with Gasteiger partial charge in [0.2, 0.25) is 5.91 Å². The summed E-state index contributed by atoms with van der Waals surface area (Å²) >= 11 is 1.51. The lowest BCUT2D eigenvalue weighted by Gasteiger charge is -2.25. The summed E-state index contributed by atoms with van der Waals surface area (Å²) in [6.07, 6.45) is 1.47. The minimum atomic E-state index is -0.340. The van der Waals surface area contributed by atoms with E-state index in [0.717, 1.165) is 5.57 Å². The first-order valence-corrected chi connectivity index (χ1v) is 6.09. The molecule has 2 unspecified atom stereocenters. The second kappa shape index (κ2) is 4.33. The van der Waals surface area contributed by atoms with Crippen LogP contribution >= 0.6 is 11.8 Å². The predicted molar refractivity (Wildman–Crippen MR) is 61.5 cm³/mol. The van der Waals surface area contributed by atoms with E-state index in [1.807, 2.05) is 12.3 Å². The van der Waals surface area contributed by atoms with Crippen LogP contribution in [0.2, 0.25) is 0 Å². The van der Waals surface area contributed by atoms with Gasteiger partial charge in [-0.2, -0.15) is 0 Å². The predicted octanol–water partition coefficient (Wildman–Crippen LogP) is 1.20. The summed E-state index contributed by atoms with van der Waals surface area (Å²) in [4.78, 5) is 23.3. The van der Waals surface area contributed by atoms with Gasteiger partial charge in [0, 0.05) is 6.20 Å². The maximum Gasteiger partial charge on any atom is 0.336 e. The van der Waals surface area contributed by atoms with Gasteiger partial charge in [0.05, 0.1) is 23.3 Å². The first-order chi connectivity index (χ1) is 7.65. The molecule has 0 aromatic rings. The van der Waals surface area contributed by atoms with E-state index in [4.69, 9.17) is 4.74 Å². The van der Waals surface area contributed by atoms with Gasteiger partial charge in [-0.1, -0.05) is 5.57 Å². The third kappa shape index (κ3) is 1.75. The van der Waals surface area contributed by atoms with Crippen molar-refractivity contribution in [2.45, 2.75) is 19.1 Å². The zero-order chi connectivity index (χ0) is 11.7. The molecule has 2 aliphatic rings. The second-order valence-corrected chi connectivity index (χ2v) is 4.74. The van der Waals surface area contributed by atoms with Crippen LogP contribution in [0.4, 0.5) is 0 Å². The third-order valence-electron chi connectivity index (χ3n) is 2.66. The summed E-state index contributed by atoms with van der Waals surface area (Å²) in [6, 6.07) is 0. The highest BCUT2D eigenvalue weighted by Gasteiger charge is 2.41. The van der Waals surface area contributed by atoms with Gasteiger partial charge < -0.3 is 10.1 Å². The molecule has 2 atom stereocenters. The summed E-state index contributed by atoms with van der Waals surface area (Å²) in [7, 11) is 0. The molecule has 16 heavy (non-hydrogen) atoms. The van der Waals surface area contributed by atoms with Crippen LogP contribution in [0.1, 0.15) is 13.8 Å². The number of fused-ring (bicyclic) bond motifs is 1. The van der Waals surface area contributed by atoms with Crippen molar-refractivity contribution < 1.29 is 14.3 Å². The Morgan fingerprint density at radius 3 is 3.06 bits per heavy atom. The molecule has 0 fully saturated rings. The number of amides is 1. The van der Waals surface area contributed by atoms with Crippen LogP contribution in [-0.4, -0.2) is 23.7 Å². The Morgan fingerprint density at radius 2 is 2.38 bits per heavy atom. The second-order valence-electron chi connectivity index (χ2n) is 3.72. The third-order valence-corrected chi connectivity index (χ3v) is 3.99. The van der Waals surface area contributed by atoms with Crippen LogP contribution < -0.4 is 5.32 Å². The van der Waals surface area contributed by atoms with Crippen molar-refractivity contribution in [1.29, 1.82) is 0 Å². The Morgan fingerprint density at radius 1 is 1.62 bits per heavy atom. The molecule has 2 rings (SSSR count). The van der Waals surface area contributed by atoms with Crippen LogP contribution in [-0.2, 0) is 14.3 Å². The SMILES string of the molecule is CCOC(=O)C1=CNC(=O)C2C(C)=CSC12. The van der Waals surface area contributed by atoms with Crippen molar-refractivity contribution in [3.05, 3.63) is 22.8 Å². The lowest BCUT2D eigenvalue weighted by molar-refractivity contribution is -0.138. The number of nitrogens with one attached hydrogen (secondary N) is 1. The quantitative estimate of drug-likeness (QED) is 0.736. The molecule has 0 aliphatic carbocycles. The van der Waals surface area contributed by atoms with E-state index >= 15 is 0 Å². The van der Waals surface area contributed by atoms with E-state index in [1.165, 1.54) is 18.0 Å². The largest absolute Gasteiger partial charge is 0.463 e. The minimum absolute atomic E-state index is 0.0446. The first-order valence-electron chi connectivity index (χ1n) is 5.14. The maximum atomic E-state index is 11.7. The molecule has 0 aromatic carbocycles. The topological polar surface area (TPSA) is 55.4 Å². The minimum Gasteiger partial charge on any atom is -0.463 e. The van der Waals surface area contributed by atoms with E-state index in [2.05, 4.69) is 5.32 Å². The van der Waals surface area contributed by atoms with E-state index in [0.29, 0.717) is 12.2 Å². The number of ether oxygens (including phenoxy) is 1. The summed E-state index contributed by atoms with van der Waals surface area (Å²) < 4.78 is 4.97. The van der Waals surface area contributed by atoms with E-state index < -0.39 is 0 Å². The fourth-order valence-electron chi connectivity index (χ4n) is 1.88. The molecular weight excluding hydrogens is 226 g/mol. The highest BCUT2D eigenvalue weighted by atomic mass is 32.2. The van der Waals surface area contributed by atoms with E-state index in [-0.39, 0.29) is 23.0 Å². The molecule has 1 amide bonds. The molecule has 2 aliphatic heterocycles. The van der Waals surface area contributed by atoms with Gasteiger partial charge in [0.1, 0.15) is 0 Å². The van der Waals surface area contributed by atoms with E-state index in [1.54, 1.807) is 6.92 Å². The average molecular weight is 239 g/mol. The van der Waals surface area contributed by atoms with E-state index in [9.17, 15) is 9.59 Å². The molecule has 86 valence electrons. The van der Waals surface area contributed by atoms with Gasteiger partial charge in [0.15, 0.2) is 0 Å². The lowest BCUT2D eigenvalue weighted by atomic mass is 9.90. The number of rotatable bonds is 2. The number of hydrogen-bond acceptors (Lipinski definition) is 4. The van der Waals surface area contributed by atoms with Crippen LogP contribution in [0.15, 0.2) is 22.8 Å². The average Bonchev–Trinajstić information content (AvgIpc) is 2.62. The summed E-state index contributed by atoms with van der Waals surface area (Å²) in [5.74, 6) is -0.612. The Labute approximate surface area is 98.1 Å². The van der Waals surface area contributed by atoms with Crippen LogP contribution in [0.3, 0.4) is 0 Å². The zero-order valence-corrected chi connectivity index (χ0v) is 9.97. The highest BCUT2D eigenvalue weighted by molar-refractivity contribution is 8.03. The van der Waals surface area contributed by atoms with Gasteiger partial charge in [-0.25, -0.2) is 4.79 Å².